The molecular formula is C17H17ClN2O. The molecule has 0 atom stereocenters. The lowest BCUT2D eigenvalue weighted by molar-refractivity contribution is 0.102. The van der Waals surface area contributed by atoms with Gasteiger partial charge >= 0.3 is 0 Å². The molecule has 0 bridgehead atoms. The number of carbonyl (C=O) groups excluding carboxylic acids is 1. The first-order chi connectivity index (χ1) is 10.2. The zero-order chi connectivity index (χ0) is 15.1. The van der Waals surface area contributed by atoms with Crippen LogP contribution in [0.1, 0.15) is 35.7 Å². The van der Waals surface area contributed by atoms with Gasteiger partial charge in [0.15, 0.2) is 0 Å². The van der Waals surface area contributed by atoms with Gasteiger partial charge < -0.3 is 5.32 Å². The molecule has 4 heteroatoms. The molecule has 21 heavy (non-hydrogen) atoms. The van der Waals surface area contributed by atoms with Crippen LogP contribution in [0.25, 0.3) is 6.08 Å². The molecule has 2 rings (SSSR count). The predicted molar refractivity (Wildman–Crippen MR) is 87.6 cm³/mol. The molecule has 1 aromatic carbocycles. The van der Waals surface area contributed by atoms with Gasteiger partial charge in [-0.2, -0.15) is 0 Å². The Kier molecular flexibility index (Phi) is 5.52. The molecule has 0 saturated carbocycles. The van der Waals surface area contributed by atoms with Gasteiger partial charge in [-0.3, -0.25) is 4.79 Å². The summed E-state index contributed by atoms with van der Waals surface area (Å²) in [6.45, 7) is 2.14. The van der Waals surface area contributed by atoms with Crippen LogP contribution in [-0.4, -0.2) is 10.9 Å². The van der Waals surface area contributed by atoms with Gasteiger partial charge in [0.1, 0.15) is 5.15 Å². The van der Waals surface area contributed by atoms with E-state index in [1.807, 2.05) is 24.3 Å². The number of hydrogen-bond acceptors (Lipinski definition) is 2. The third kappa shape index (κ3) is 4.72. The van der Waals surface area contributed by atoms with Crippen molar-refractivity contribution in [1.82, 2.24) is 4.98 Å². The average Bonchev–Trinajstić information content (AvgIpc) is 2.48. The van der Waals surface area contributed by atoms with Crippen LogP contribution in [0.2, 0.25) is 5.15 Å². The van der Waals surface area contributed by atoms with E-state index in [2.05, 4.69) is 29.4 Å². The molecule has 0 fully saturated rings. The van der Waals surface area contributed by atoms with Crippen LogP contribution in [0.3, 0.4) is 0 Å². The first-order valence-electron chi connectivity index (χ1n) is 6.88. The van der Waals surface area contributed by atoms with Crippen molar-refractivity contribution in [3.8, 4) is 0 Å². The van der Waals surface area contributed by atoms with E-state index in [0.717, 1.165) is 18.4 Å². The lowest BCUT2D eigenvalue weighted by atomic mass is 10.1. The zero-order valence-electron chi connectivity index (χ0n) is 11.8. The zero-order valence-corrected chi connectivity index (χ0v) is 12.6. The van der Waals surface area contributed by atoms with Gasteiger partial charge in [-0.1, -0.05) is 49.2 Å². The molecule has 0 spiro atoms. The maximum atomic E-state index is 12.1. The first-order valence-corrected chi connectivity index (χ1v) is 7.26. The highest BCUT2D eigenvalue weighted by Gasteiger charge is 2.06. The van der Waals surface area contributed by atoms with E-state index in [-0.39, 0.29) is 5.91 Å². The van der Waals surface area contributed by atoms with Crippen LogP contribution in [0, 0.1) is 0 Å². The van der Waals surface area contributed by atoms with Gasteiger partial charge in [-0.15, -0.1) is 0 Å². The number of unbranched alkanes of at least 4 members (excludes halogenated alkanes) is 1. The fourth-order valence-corrected chi connectivity index (χ4v) is 1.99. The Morgan fingerprint density at radius 2 is 2.05 bits per heavy atom. The molecule has 0 aliphatic rings. The van der Waals surface area contributed by atoms with Crippen molar-refractivity contribution in [2.75, 3.05) is 5.32 Å². The highest BCUT2D eigenvalue weighted by Crippen LogP contribution is 2.14. The Balaban J connectivity index is 2.03. The van der Waals surface area contributed by atoms with Crippen molar-refractivity contribution in [2.24, 2.45) is 0 Å². The molecule has 1 heterocycles. The van der Waals surface area contributed by atoms with E-state index in [4.69, 9.17) is 11.6 Å². The minimum Gasteiger partial charge on any atom is -0.322 e. The van der Waals surface area contributed by atoms with Crippen molar-refractivity contribution >= 4 is 29.3 Å². The van der Waals surface area contributed by atoms with Crippen LogP contribution in [-0.2, 0) is 0 Å². The lowest BCUT2D eigenvalue weighted by Crippen LogP contribution is -2.11. The molecule has 0 saturated heterocycles. The number of aromatic nitrogens is 1. The molecule has 108 valence electrons. The van der Waals surface area contributed by atoms with Crippen molar-refractivity contribution in [3.63, 3.8) is 0 Å². The summed E-state index contributed by atoms with van der Waals surface area (Å²) >= 11 is 5.79. The third-order valence-corrected chi connectivity index (χ3v) is 3.13. The number of carbonyl (C=O) groups is 1. The van der Waals surface area contributed by atoms with Crippen molar-refractivity contribution < 1.29 is 4.79 Å². The quantitative estimate of drug-likeness (QED) is 0.806. The number of anilines is 1. The smallest absolute Gasteiger partial charge is 0.255 e. The average molecular weight is 301 g/mol. The summed E-state index contributed by atoms with van der Waals surface area (Å²) in [5.41, 5.74) is 2.33. The fourth-order valence-electron chi connectivity index (χ4n) is 1.82. The second kappa shape index (κ2) is 7.60. The SMILES string of the molecule is CCCC=Cc1ccc(C(=O)Nc2ccnc(Cl)c2)cc1. The number of benzene rings is 1. The summed E-state index contributed by atoms with van der Waals surface area (Å²) in [4.78, 5) is 16.0. The van der Waals surface area contributed by atoms with Gasteiger partial charge in [0.25, 0.3) is 5.91 Å². The summed E-state index contributed by atoms with van der Waals surface area (Å²) in [5, 5.41) is 3.14. The van der Waals surface area contributed by atoms with E-state index in [1.54, 1.807) is 18.3 Å². The number of rotatable bonds is 5. The van der Waals surface area contributed by atoms with E-state index >= 15 is 0 Å². The number of nitrogens with zero attached hydrogens (tertiary/aromatic N) is 1. The molecule has 1 amide bonds. The topological polar surface area (TPSA) is 42.0 Å². The summed E-state index contributed by atoms with van der Waals surface area (Å²) in [6.07, 6.45) is 7.94. The van der Waals surface area contributed by atoms with Gasteiger partial charge in [-0.25, -0.2) is 4.98 Å². The predicted octanol–water partition coefficient (Wildman–Crippen LogP) is 4.80. The Morgan fingerprint density at radius 1 is 1.29 bits per heavy atom. The van der Waals surface area contributed by atoms with Crippen LogP contribution in [0.4, 0.5) is 5.69 Å². The summed E-state index contributed by atoms with van der Waals surface area (Å²) in [5.74, 6) is -0.165. The molecule has 0 radical (unpaired) electrons. The maximum absolute atomic E-state index is 12.1. The number of amides is 1. The fraction of sp³-hybridized carbons (Fsp3) is 0.176. The third-order valence-electron chi connectivity index (χ3n) is 2.92. The van der Waals surface area contributed by atoms with E-state index in [0.29, 0.717) is 16.4 Å². The first kappa shape index (κ1) is 15.3. The number of nitrogens with one attached hydrogen (secondary N) is 1. The highest BCUT2D eigenvalue weighted by molar-refractivity contribution is 6.29. The molecule has 3 nitrogen and oxygen atoms in total. The monoisotopic (exact) mass is 300 g/mol. The Labute approximate surface area is 129 Å². The lowest BCUT2D eigenvalue weighted by Gasteiger charge is -2.05. The number of pyridine rings is 1. The van der Waals surface area contributed by atoms with Crippen molar-refractivity contribution in [2.45, 2.75) is 19.8 Å². The van der Waals surface area contributed by atoms with Gasteiger partial charge in [0.2, 0.25) is 0 Å². The van der Waals surface area contributed by atoms with Crippen LogP contribution in [0.15, 0.2) is 48.7 Å². The Bertz CT molecular complexity index is 635. The minimum atomic E-state index is -0.165. The highest BCUT2D eigenvalue weighted by atomic mass is 35.5. The van der Waals surface area contributed by atoms with Gasteiger partial charge in [-0.05, 0) is 36.2 Å². The summed E-state index contributed by atoms with van der Waals surface area (Å²) in [7, 11) is 0. The molecule has 1 N–H and O–H groups in total. The maximum Gasteiger partial charge on any atom is 0.255 e. The molecule has 2 aromatic rings. The molecule has 0 aliphatic carbocycles. The largest absolute Gasteiger partial charge is 0.322 e. The minimum absolute atomic E-state index is 0.165. The van der Waals surface area contributed by atoms with Crippen molar-refractivity contribution in [3.05, 3.63) is 65.0 Å². The second-order valence-corrected chi connectivity index (χ2v) is 5.02. The number of hydrogen-bond donors (Lipinski definition) is 1. The number of halogens is 1. The second-order valence-electron chi connectivity index (χ2n) is 4.63. The van der Waals surface area contributed by atoms with Crippen LogP contribution in [0.5, 0.6) is 0 Å². The molecule has 0 unspecified atom stereocenters. The normalized spacial score (nSPS) is 10.8. The number of allylic oxidation sites excluding steroid dienone is 1. The molecule has 0 aliphatic heterocycles. The van der Waals surface area contributed by atoms with E-state index < -0.39 is 0 Å². The Hall–Kier alpha value is -2.13. The summed E-state index contributed by atoms with van der Waals surface area (Å²) in [6, 6.07) is 10.8. The van der Waals surface area contributed by atoms with Crippen molar-refractivity contribution in [1.29, 1.82) is 0 Å². The van der Waals surface area contributed by atoms with Crippen LogP contribution >= 0.6 is 11.6 Å². The Morgan fingerprint density at radius 3 is 2.71 bits per heavy atom. The van der Waals surface area contributed by atoms with Gasteiger partial charge in [0, 0.05) is 17.4 Å². The van der Waals surface area contributed by atoms with Crippen LogP contribution < -0.4 is 5.32 Å². The summed E-state index contributed by atoms with van der Waals surface area (Å²) < 4.78 is 0. The van der Waals surface area contributed by atoms with E-state index in [9.17, 15) is 4.79 Å². The molecule has 1 aromatic heterocycles. The van der Waals surface area contributed by atoms with E-state index in [1.165, 1.54) is 0 Å². The molecular weight excluding hydrogens is 284 g/mol. The van der Waals surface area contributed by atoms with Gasteiger partial charge in [0.05, 0.1) is 0 Å². The standard InChI is InChI=1S/C17H17ClN2O/c1-2-3-4-5-13-6-8-14(9-7-13)17(21)20-15-10-11-19-16(18)12-15/h4-12H,2-3H2,1H3,(H,19,20,21).